The first-order chi connectivity index (χ1) is 18.5. The lowest BCUT2D eigenvalue weighted by atomic mass is 9.98. The quantitative estimate of drug-likeness (QED) is 0.411. The molecule has 1 aliphatic heterocycles. The van der Waals surface area contributed by atoms with Crippen molar-refractivity contribution in [3.63, 3.8) is 0 Å². The van der Waals surface area contributed by atoms with Gasteiger partial charge >= 0.3 is 5.97 Å². The molecule has 1 aromatic heterocycles. The second-order valence-corrected chi connectivity index (χ2v) is 11.4. The van der Waals surface area contributed by atoms with Gasteiger partial charge in [0.15, 0.2) is 0 Å². The Morgan fingerprint density at radius 2 is 1.69 bits per heavy atom. The Kier molecular flexibility index (Phi) is 8.48. The molecule has 1 atom stereocenters. The Balaban J connectivity index is 1.53. The van der Waals surface area contributed by atoms with E-state index >= 15 is 0 Å². The van der Waals surface area contributed by atoms with E-state index in [2.05, 4.69) is 10.3 Å². The van der Waals surface area contributed by atoms with Crippen molar-refractivity contribution in [3.05, 3.63) is 88.7 Å². The molecule has 0 saturated carbocycles. The number of benzene rings is 2. The third-order valence-corrected chi connectivity index (χ3v) is 6.70. The van der Waals surface area contributed by atoms with E-state index < -0.39 is 5.60 Å². The van der Waals surface area contributed by atoms with Crippen molar-refractivity contribution in [2.24, 2.45) is 5.92 Å². The molecule has 2 aromatic carbocycles. The van der Waals surface area contributed by atoms with E-state index in [1.807, 2.05) is 83.1 Å². The number of likely N-dealkylation sites (tertiary alicyclic amines) is 1. The highest BCUT2D eigenvalue weighted by molar-refractivity contribution is 6.01. The summed E-state index contributed by atoms with van der Waals surface area (Å²) in [4.78, 5) is 45.2. The van der Waals surface area contributed by atoms with Crippen LogP contribution in [0, 0.1) is 19.8 Å². The third-order valence-electron chi connectivity index (χ3n) is 6.70. The van der Waals surface area contributed by atoms with Gasteiger partial charge in [0.1, 0.15) is 5.60 Å². The predicted octanol–water partition coefficient (Wildman–Crippen LogP) is 5.49. The van der Waals surface area contributed by atoms with Crippen LogP contribution in [0.4, 0.5) is 0 Å². The molecule has 7 heteroatoms. The standard InChI is InChI=1S/C32H37N3O4/c1-21-6-10-25(11-7-21)26-15-27(30(37)34-19-24-9-8-22(2)33-18-24)17-28(16-26)31(38)35-13-12-23(20-35)14-29(36)39-32(3,4)5/h6-11,15-18,23H,12-14,19-20H2,1-5H3,(H,34,37)/t23-/m0/s1. The summed E-state index contributed by atoms with van der Waals surface area (Å²) in [5, 5.41) is 2.95. The van der Waals surface area contributed by atoms with E-state index in [9.17, 15) is 14.4 Å². The minimum Gasteiger partial charge on any atom is -0.460 e. The highest BCUT2D eigenvalue weighted by atomic mass is 16.6. The molecule has 1 N–H and O–H groups in total. The lowest BCUT2D eigenvalue weighted by Crippen LogP contribution is -2.30. The molecule has 4 rings (SSSR count). The van der Waals surface area contributed by atoms with Gasteiger partial charge in [-0.2, -0.15) is 0 Å². The van der Waals surface area contributed by atoms with Gasteiger partial charge in [0.25, 0.3) is 11.8 Å². The summed E-state index contributed by atoms with van der Waals surface area (Å²) in [5.74, 6) is -0.601. The second kappa shape index (κ2) is 11.8. The van der Waals surface area contributed by atoms with Crippen LogP contribution < -0.4 is 5.32 Å². The molecule has 39 heavy (non-hydrogen) atoms. The fraction of sp³-hybridized carbons (Fsp3) is 0.375. The number of aryl methyl sites for hydroxylation is 2. The van der Waals surface area contributed by atoms with Crippen LogP contribution in [0.2, 0.25) is 0 Å². The van der Waals surface area contributed by atoms with E-state index in [0.29, 0.717) is 30.8 Å². The average molecular weight is 528 g/mol. The van der Waals surface area contributed by atoms with Crippen LogP contribution in [0.1, 0.15) is 71.1 Å². The van der Waals surface area contributed by atoms with Gasteiger partial charge in [-0.3, -0.25) is 19.4 Å². The topological polar surface area (TPSA) is 88.6 Å². The Bertz CT molecular complexity index is 1340. The zero-order chi connectivity index (χ0) is 28.2. The monoisotopic (exact) mass is 527 g/mol. The smallest absolute Gasteiger partial charge is 0.306 e. The number of hydrogen-bond donors (Lipinski definition) is 1. The van der Waals surface area contributed by atoms with Crippen molar-refractivity contribution >= 4 is 17.8 Å². The fourth-order valence-corrected chi connectivity index (χ4v) is 4.67. The number of amides is 2. The first kappa shape index (κ1) is 28.0. The molecule has 0 radical (unpaired) electrons. The van der Waals surface area contributed by atoms with Gasteiger partial charge in [-0.1, -0.05) is 35.9 Å². The molecule has 2 heterocycles. The van der Waals surface area contributed by atoms with E-state index in [1.54, 1.807) is 17.2 Å². The normalized spacial score (nSPS) is 15.2. The fourth-order valence-electron chi connectivity index (χ4n) is 4.67. The third kappa shape index (κ3) is 7.76. The minimum absolute atomic E-state index is 0.0509. The number of ether oxygens (including phenoxy) is 1. The van der Waals surface area contributed by atoms with Crippen LogP contribution >= 0.6 is 0 Å². The van der Waals surface area contributed by atoms with Crippen molar-refractivity contribution in [3.8, 4) is 11.1 Å². The number of carbonyl (C=O) groups is 3. The molecular formula is C32H37N3O4. The number of rotatable bonds is 7. The highest BCUT2D eigenvalue weighted by Crippen LogP contribution is 2.27. The molecular weight excluding hydrogens is 490 g/mol. The van der Waals surface area contributed by atoms with Crippen molar-refractivity contribution in [2.75, 3.05) is 13.1 Å². The van der Waals surface area contributed by atoms with E-state index in [-0.39, 0.29) is 30.1 Å². The van der Waals surface area contributed by atoms with Gasteiger partial charge in [-0.15, -0.1) is 0 Å². The predicted molar refractivity (Wildman–Crippen MR) is 151 cm³/mol. The minimum atomic E-state index is -0.533. The Labute approximate surface area is 230 Å². The summed E-state index contributed by atoms with van der Waals surface area (Å²) in [6.45, 7) is 10.9. The van der Waals surface area contributed by atoms with E-state index in [1.165, 1.54) is 0 Å². The molecule has 3 aromatic rings. The van der Waals surface area contributed by atoms with Crippen LogP contribution in [0.5, 0.6) is 0 Å². The number of nitrogens with zero attached hydrogens (tertiary/aromatic N) is 2. The highest BCUT2D eigenvalue weighted by Gasteiger charge is 2.30. The molecule has 0 bridgehead atoms. The summed E-state index contributed by atoms with van der Waals surface area (Å²) < 4.78 is 5.47. The van der Waals surface area contributed by atoms with Crippen LogP contribution in [-0.4, -0.2) is 46.4 Å². The maximum absolute atomic E-state index is 13.6. The maximum atomic E-state index is 13.6. The number of hydrogen-bond acceptors (Lipinski definition) is 5. The summed E-state index contributed by atoms with van der Waals surface area (Å²) >= 11 is 0. The first-order valence-electron chi connectivity index (χ1n) is 13.4. The Morgan fingerprint density at radius 1 is 0.974 bits per heavy atom. The summed E-state index contributed by atoms with van der Waals surface area (Å²) in [5.41, 5.74) is 5.00. The molecule has 1 aliphatic rings. The van der Waals surface area contributed by atoms with E-state index in [4.69, 9.17) is 4.74 Å². The first-order valence-corrected chi connectivity index (χ1v) is 13.4. The van der Waals surface area contributed by atoms with E-state index in [0.717, 1.165) is 34.4 Å². The number of pyridine rings is 1. The second-order valence-electron chi connectivity index (χ2n) is 11.4. The Hall–Kier alpha value is -4.00. The van der Waals surface area contributed by atoms with Gasteiger partial charge < -0.3 is 15.0 Å². The van der Waals surface area contributed by atoms with Gasteiger partial charge in [-0.25, -0.2) is 0 Å². The molecule has 1 fully saturated rings. The molecule has 2 amide bonds. The lowest BCUT2D eigenvalue weighted by molar-refractivity contribution is -0.155. The van der Waals surface area contributed by atoms with Gasteiger partial charge in [0, 0.05) is 42.7 Å². The van der Waals surface area contributed by atoms with Crippen LogP contribution in [0.3, 0.4) is 0 Å². The van der Waals surface area contributed by atoms with Crippen molar-refractivity contribution in [2.45, 2.75) is 59.6 Å². The van der Waals surface area contributed by atoms with Crippen molar-refractivity contribution in [1.82, 2.24) is 15.2 Å². The summed E-state index contributed by atoms with van der Waals surface area (Å²) in [7, 11) is 0. The van der Waals surface area contributed by atoms with Gasteiger partial charge in [-0.05, 0) is 87.9 Å². The van der Waals surface area contributed by atoms with Crippen LogP contribution in [0.25, 0.3) is 11.1 Å². The Morgan fingerprint density at radius 3 is 2.36 bits per heavy atom. The lowest BCUT2D eigenvalue weighted by Gasteiger charge is -2.21. The number of aromatic nitrogens is 1. The molecule has 0 spiro atoms. The SMILES string of the molecule is Cc1ccc(-c2cc(C(=O)NCc3ccc(C)nc3)cc(C(=O)N3CC[C@@H](CC(=O)OC(C)(C)C)C3)c2)cc1. The zero-order valence-electron chi connectivity index (χ0n) is 23.4. The largest absolute Gasteiger partial charge is 0.460 e. The molecule has 204 valence electrons. The summed E-state index contributed by atoms with van der Waals surface area (Å²) in [6.07, 6.45) is 2.76. The number of nitrogens with one attached hydrogen (secondary N) is 1. The van der Waals surface area contributed by atoms with Crippen LogP contribution in [0.15, 0.2) is 60.8 Å². The number of esters is 1. The summed E-state index contributed by atoms with van der Waals surface area (Å²) in [6, 6.07) is 17.2. The number of carbonyl (C=O) groups excluding carboxylic acids is 3. The molecule has 1 saturated heterocycles. The molecule has 7 nitrogen and oxygen atoms in total. The van der Waals surface area contributed by atoms with Gasteiger partial charge in [0.2, 0.25) is 0 Å². The van der Waals surface area contributed by atoms with Crippen LogP contribution in [-0.2, 0) is 16.1 Å². The van der Waals surface area contributed by atoms with Crippen molar-refractivity contribution < 1.29 is 19.1 Å². The molecule has 0 unspecified atom stereocenters. The maximum Gasteiger partial charge on any atom is 0.306 e. The zero-order valence-corrected chi connectivity index (χ0v) is 23.4. The average Bonchev–Trinajstić information content (AvgIpc) is 3.35. The van der Waals surface area contributed by atoms with Crippen molar-refractivity contribution in [1.29, 1.82) is 0 Å². The van der Waals surface area contributed by atoms with Gasteiger partial charge in [0.05, 0.1) is 6.42 Å². The molecule has 0 aliphatic carbocycles.